The van der Waals surface area contributed by atoms with E-state index in [4.69, 9.17) is 4.74 Å². The van der Waals surface area contributed by atoms with Crippen LogP contribution in [-0.4, -0.2) is 39.2 Å². The fourth-order valence-corrected chi connectivity index (χ4v) is 3.51. The van der Waals surface area contributed by atoms with Gasteiger partial charge in [0, 0.05) is 19.2 Å². The number of nitrogens with zero attached hydrogens (tertiary/aromatic N) is 1. The summed E-state index contributed by atoms with van der Waals surface area (Å²) in [4.78, 5) is 14.5. The van der Waals surface area contributed by atoms with Gasteiger partial charge in [-0.25, -0.2) is 0 Å². The normalized spacial score (nSPS) is 18.1. The monoisotopic (exact) mass is 389 g/mol. The highest BCUT2D eigenvalue weighted by molar-refractivity contribution is 5.91. The van der Waals surface area contributed by atoms with Gasteiger partial charge in [0.25, 0.3) is 0 Å². The van der Waals surface area contributed by atoms with Gasteiger partial charge in [0.1, 0.15) is 12.4 Å². The highest BCUT2D eigenvalue weighted by atomic mass is 35.5. The second kappa shape index (κ2) is 10.1. The molecular weight excluding hydrogens is 361 g/mol. The van der Waals surface area contributed by atoms with Crippen molar-refractivity contribution in [1.82, 2.24) is 5.32 Å². The second-order valence-corrected chi connectivity index (χ2v) is 6.77. The zero-order chi connectivity index (χ0) is 16.2. The molecule has 1 amide bonds. The summed E-state index contributed by atoms with van der Waals surface area (Å²) >= 11 is 0. The van der Waals surface area contributed by atoms with Crippen molar-refractivity contribution in [2.45, 2.75) is 26.2 Å². The number of rotatable bonds is 4. The number of halogens is 2. The Kier molecular flexibility index (Phi) is 8.83. The van der Waals surface area contributed by atoms with Crippen molar-refractivity contribution in [3.05, 3.63) is 18.2 Å². The van der Waals surface area contributed by atoms with Gasteiger partial charge in [-0.2, -0.15) is 0 Å². The molecule has 1 fully saturated rings. The summed E-state index contributed by atoms with van der Waals surface area (Å²) in [5.74, 6) is 2.08. The predicted octanol–water partition coefficient (Wildman–Crippen LogP) is 3.32. The molecule has 142 valence electrons. The molecule has 2 N–H and O–H groups in total. The Bertz CT molecular complexity index is 565. The van der Waals surface area contributed by atoms with Gasteiger partial charge in [-0.15, -0.1) is 24.8 Å². The van der Waals surface area contributed by atoms with Crippen LogP contribution in [0.25, 0.3) is 0 Å². The molecule has 2 aliphatic heterocycles. The first-order chi connectivity index (χ1) is 11.1. The lowest BCUT2D eigenvalue weighted by molar-refractivity contribution is -0.117. The van der Waals surface area contributed by atoms with Crippen LogP contribution >= 0.6 is 24.8 Å². The topological polar surface area (TPSA) is 53.6 Å². The van der Waals surface area contributed by atoms with E-state index in [9.17, 15) is 4.79 Å². The third-order valence-electron chi connectivity index (χ3n) is 5.03. The highest BCUT2D eigenvalue weighted by Crippen LogP contribution is 2.33. The number of anilines is 2. The minimum Gasteiger partial charge on any atom is -0.490 e. The zero-order valence-electron chi connectivity index (χ0n) is 14.9. The molecule has 0 saturated carbocycles. The van der Waals surface area contributed by atoms with Crippen molar-refractivity contribution in [3.63, 3.8) is 0 Å². The molecule has 0 spiro atoms. The number of amides is 1. The number of carbonyl (C=O) groups excluding carboxylic acids is 1. The van der Waals surface area contributed by atoms with Crippen LogP contribution in [0.2, 0.25) is 0 Å². The van der Waals surface area contributed by atoms with Gasteiger partial charge in [-0.1, -0.05) is 6.92 Å². The maximum atomic E-state index is 12.3. The molecule has 1 aromatic rings. The molecule has 2 aliphatic rings. The summed E-state index contributed by atoms with van der Waals surface area (Å²) in [6.07, 6.45) is 2.94. The Balaban J connectivity index is 0.00000156. The second-order valence-electron chi connectivity index (χ2n) is 6.77. The molecule has 0 bridgehead atoms. The smallest absolute Gasteiger partial charge is 0.224 e. The number of hydrogen-bond acceptors (Lipinski definition) is 4. The molecule has 25 heavy (non-hydrogen) atoms. The van der Waals surface area contributed by atoms with Gasteiger partial charge in [-0.3, -0.25) is 4.79 Å². The van der Waals surface area contributed by atoms with Crippen molar-refractivity contribution in [1.29, 1.82) is 0 Å². The number of piperidine rings is 1. The molecule has 1 saturated heterocycles. The van der Waals surface area contributed by atoms with E-state index in [-0.39, 0.29) is 30.7 Å². The quantitative estimate of drug-likeness (QED) is 0.828. The standard InChI is InChI=1S/C18H27N3O2.2ClH/c1-13(14-5-7-19-8-6-14)11-18(22)20-15-3-4-17-16(12-15)21(2)9-10-23-17;;/h3-4,12-14,19H,5-11H2,1-2H3,(H,20,22);2*1H. The average molecular weight is 390 g/mol. The summed E-state index contributed by atoms with van der Waals surface area (Å²) in [6.45, 7) is 5.94. The Labute approximate surface area is 162 Å². The Morgan fingerprint density at radius 3 is 2.80 bits per heavy atom. The van der Waals surface area contributed by atoms with E-state index in [1.807, 2.05) is 25.2 Å². The Morgan fingerprint density at radius 2 is 2.08 bits per heavy atom. The number of carbonyl (C=O) groups is 1. The largest absolute Gasteiger partial charge is 0.490 e. The van der Waals surface area contributed by atoms with Crippen LogP contribution in [-0.2, 0) is 4.79 Å². The van der Waals surface area contributed by atoms with Crippen LogP contribution in [0.1, 0.15) is 26.2 Å². The molecule has 2 heterocycles. The zero-order valence-corrected chi connectivity index (χ0v) is 16.5. The van der Waals surface area contributed by atoms with E-state index in [1.54, 1.807) is 0 Å². The summed E-state index contributed by atoms with van der Waals surface area (Å²) in [7, 11) is 2.05. The average Bonchev–Trinajstić information content (AvgIpc) is 2.56. The molecule has 0 aromatic heterocycles. The molecule has 1 aromatic carbocycles. The van der Waals surface area contributed by atoms with Crippen molar-refractivity contribution in [2.75, 3.05) is 43.5 Å². The predicted molar refractivity (Wildman–Crippen MR) is 108 cm³/mol. The highest BCUT2D eigenvalue weighted by Gasteiger charge is 2.22. The van der Waals surface area contributed by atoms with Crippen LogP contribution < -0.4 is 20.3 Å². The molecule has 7 heteroatoms. The maximum Gasteiger partial charge on any atom is 0.224 e. The van der Waals surface area contributed by atoms with Crippen LogP contribution in [0.5, 0.6) is 5.75 Å². The van der Waals surface area contributed by atoms with E-state index >= 15 is 0 Å². The van der Waals surface area contributed by atoms with E-state index in [0.717, 1.165) is 36.8 Å². The first-order valence-corrected chi connectivity index (χ1v) is 8.62. The third kappa shape index (κ3) is 5.66. The molecule has 5 nitrogen and oxygen atoms in total. The van der Waals surface area contributed by atoms with Crippen LogP contribution in [0.4, 0.5) is 11.4 Å². The first kappa shape index (κ1) is 21.9. The Hall–Kier alpha value is -1.17. The lowest BCUT2D eigenvalue weighted by Gasteiger charge is -2.29. The lowest BCUT2D eigenvalue weighted by atomic mass is 9.84. The first-order valence-electron chi connectivity index (χ1n) is 8.62. The minimum absolute atomic E-state index is 0. The van der Waals surface area contributed by atoms with Gasteiger partial charge in [0.15, 0.2) is 0 Å². The van der Waals surface area contributed by atoms with Gasteiger partial charge in [0.05, 0.1) is 12.2 Å². The van der Waals surface area contributed by atoms with Crippen LogP contribution in [0, 0.1) is 11.8 Å². The number of fused-ring (bicyclic) bond motifs is 1. The summed E-state index contributed by atoms with van der Waals surface area (Å²) in [6, 6.07) is 5.86. The molecular formula is C18H29Cl2N3O2. The summed E-state index contributed by atoms with van der Waals surface area (Å²) < 4.78 is 5.64. The number of likely N-dealkylation sites (N-methyl/N-ethyl adjacent to an activating group) is 1. The third-order valence-corrected chi connectivity index (χ3v) is 5.03. The van der Waals surface area contributed by atoms with Gasteiger partial charge in [0.2, 0.25) is 5.91 Å². The van der Waals surface area contributed by atoms with Crippen molar-refractivity contribution < 1.29 is 9.53 Å². The number of ether oxygens (including phenoxy) is 1. The number of nitrogens with one attached hydrogen (secondary N) is 2. The van der Waals surface area contributed by atoms with Crippen LogP contribution in [0.15, 0.2) is 18.2 Å². The molecule has 0 aliphatic carbocycles. The van der Waals surface area contributed by atoms with E-state index in [0.29, 0.717) is 24.9 Å². The van der Waals surface area contributed by atoms with Crippen molar-refractivity contribution >= 4 is 42.1 Å². The summed E-state index contributed by atoms with van der Waals surface area (Å²) in [5, 5.41) is 6.42. The lowest BCUT2D eigenvalue weighted by Crippen LogP contribution is -2.32. The molecule has 1 unspecified atom stereocenters. The molecule has 3 rings (SSSR count). The van der Waals surface area contributed by atoms with Crippen LogP contribution in [0.3, 0.4) is 0 Å². The van der Waals surface area contributed by atoms with Gasteiger partial charge >= 0.3 is 0 Å². The molecule has 1 atom stereocenters. The summed E-state index contributed by atoms with van der Waals surface area (Å²) in [5.41, 5.74) is 1.89. The fraction of sp³-hybridized carbons (Fsp3) is 0.611. The van der Waals surface area contributed by atoms with Crippen molar-refractivity contribution in [2.24, 2.45) is 11.8 Å². The van der Waals surface area contributed by atoms with Gasteiger partial charge in [-0.05, 0) is 56.0 Å². The molecule has 0 radical (unpaired) electrons. The number of hydrogen-bond donors (Lipinski definition) is 2. The number of benzene rings is 1. The van der Waals surface area contributed by atoms with Gasteiger partial charge < -0.3 is 20.3 Å². The maximum absolute atomic E-state index is 12.3. The van der Waals surface area contributed by atoms with E-state index in [2.05, 4.69) is 22.5 Å². The fourth-order valence-electron chi connectivity index (χ4n) is 3.51. The minimum atomic E-state index is 0. The van der Waals surface area contributed by atoms with Crippen molar-refractivity contribution in [3.8, 4) is 5.75 Å². The Morgan fingerprint density at radius 1 is 1.36 bits per heavy atom. The SMILES string of the molecule is CC(CC(=O)Nc1ccc2c(c1)N(C)CCO2)C1CCNCC1.Cl.Cl. The van der Waals surface area contributed by atoms with E-state index in [1.165, 1.54) is 12.8 Å². The van der Waals surface area contributed by atoms with E-state index < -0.39 is 0 Å².